The number of fused-ring (bicyclic) bond motifs is 4. The molecule has 0 amide bonds. The standard InChI is InChI=1S/C27H28F4N2O/c28-21-6-8-22(9-7-21)33-24-13-18-2-1-3-20-15-26(34,27(29,30)31)11-10-25(20,14-17-4-5-17)23(18)12-19(24)16-32-33/h6-9,12-13,16-17,20,34H,1-5,10-11,14-15H2/t20-,25+,26+/m1/s1. The zero-order valence-electron chi connectivity index (χ0n) is 18.9. The van der Waals surface area contributed by atoms with E-state index in [0.29, 0.717) is 18.8 Å². The van der Waals surface area contributed by atoms with Crippen molar-refractivity contribution in [1.29, 1.82) is 0 Å². The van der Waals surface area contributed by atoms with Crippen LogP contribution in [0.5, 0.6) is 0 Å². The van der Waals surface area contributed by atoms with Gasteiger partial charge in [0.25, 0.3) is 0 Å². The highest BCUT2D eigenvalue weighted by Crippen LogP contribution is 2.59. The highest BCUT2D eigenvalue weighted by atomic mass is 19.4. The number of alkyl halides is 3. The van der Waals surface area contributed by atoms with Gasteiger partial charge in [-0.15, -0.1) is 0 Å². The molecule has 0 unspecified atom stereocenters. The van der Waals surface area contributed by atoms with E-state index in [1.807, 2.05) is 0 Å². The molecule has 0 saturated heterocycles. The van der Waals surface area contributed by atoms with Crippen LogP contribution in [0, 0.1) is 17.7 Å². The lowest BCUT2D eigenvalue weighted by atomic mass is 9.56. The molecule has 0 aliphatic heterocycles. The monoisotopic (exact) mass is 472 g/mol. The first-order valence-corrected chi connectivity index (χ1v) is 12.2. The van der Waals surface area contributed by atoms with E-state index < -0.39 is 11.8 Å². The minimum atomic E-state index is -4.60. The minimum absolute atomic E-state index is 0.195. The number of halogens is 4. The summed E-state index contributed by atoms with van der Waals surface area (Å²) in [6, 6.07) is 10.5. The van der Waals surface area contributed by atoms with Crippen molar-refractivity contribution in [1.82, 2.24) is 9.78 Å². The van der Waals surface area contributed by atoms with E-state index in [2.05, 4.69) is 17.2 Å². The topological polar surface area (TPSA) is 38.1 Å². The Balaban J connectivity index is 1.47. The number of hydrogen-bond acceptors (Lipinski definition) is 2. The lowest BCUT2D eigenvalue weighted by molar-refractivity contribution is -0.279. The largest absolute Gasteiger partial charge is 0.417 e. The van der Waals surface area contributed by atoms with Gasteiger partial charge in [0.2, 0.25) is 0 Å². The number of hydrogen-bond donors (Lipinski definition) is 1. The predicted molar refractivity (Wildman–Crippen MR) is 121 cm³/mol. The first-order chi connectivity index (χ1) is 16.2. The van der Waals surface area contributed by atoms with Gasteiger partial charge >= 0.3 is 6.18 Å². The highest BCUT2D eigenvalue weighted by molar-refractivity contribution is 5.82. The molecule has 180 valence electrons. The average Bonchev–Trinajstić information content (AvgIpc) is 3.53. The van der Waals surface area contributed by atoms with Gasteiger partial charge in [-0.05, 0) is 110 Å². The van der Waals surface area contributed by atoms with Gasteiger partial charge in [-0.2, -0.15) is 18.3 Å². The summed E-state index contributed by atoms with van der Waals surface area (Å²) < 4.78 is 56.6. The molecule has 7 heteroatoms. The van der Waals surface area contributed by atoms with Crippen LogP contribution in [0.2, 0.25) is 0 Å². The van der Waals surface area contributed by atoms with Crippen molar-refractivity contribution in [3.63, 3.8) is 0 Å². The molecule has 0 spiro atoms. The van der Waals surface area contributed by atoms with Crippen LogP contribution in [0.15, 0.2) is 42.6 Å². The predicted octanol–water partition coefficient (Wildman–Crippen LogP) is 6.63. The number of aryl methyl sites for hydroxylation is 1. The summed E-state index contributed by atoms with van der Waals surface area (Å²) in [5, 5.41) is 16.1. The Labute approximate surface area is 195 Å². The highest BCUT2D eigenvalue weighted by Gasteiger charge is 2.61. The second-order valence-electron chi connectivity index (χ2n) is 10.7. The number of aromatic nitrogens is 2. The average molecular weight is 473 g/mol. The van der Waals surface area contributed by atoms with Gasteiger partial charge in [-0.25, -0.2) is 9.07 Å². The fourth-order valence-corrected chi connectivity index (χ4v) is 6.66. The molecule has 1 aromatic heterocycles. The summed E-state index contributed by atoms with van der Waals surface area (Å²) in [4.78, 5) is 0. The number of nitrogens with zero attached hydrogens (tertiary/aromatic N) is 2. The van der Waals surface area contributed by atoms with E-state index in [1.54, 1.807) is 23.0 Å². The van der Waals surface area contributed by atoms with E-state index in [1.165, 1.54) is 17.7 Å². The van der Waals surface area contributed by atoms with E-state index in [9.17, 15) is 22.7 Å². The molecular weight excluding hydrogens is 444 g/mol. The fourth-order valence-electron chi connectivity index (χ4n) is 6.66. The van der Waals surface area contributed by atoms with E-state index >= 15 is 0 Å². The van der Waals surface area contributed by atoms with E-state index in [4.69, 9.17) is 0 Å². The van der Waals surface area contributed by atoms with Crippen molar-refractivity contribution in [2.45, 2.75) is 75.0 Å². The quantitative estimate of drug-likeness (QED) is 0.435. The minimum Gasteiger partial charge on any atom is -0.380 e. The molecule has 3 aromatic rings. The zero-order chi connectivity index (χ0) is 23.7. The number of rotatable bonds is 3. The van der Waals surface area contributed by atoms with Crippen molar-refractivity contribution < 1.29 is 22.7 Å². The maximum Gasteiger partial charge on any atom is 0.417 e. The smallest absolute Gasteiger partial charge is 0.380 e. The molecule has 3 atom stereocenters. The Bertz CT molecular complexity index is 1230. The molecule has 6 rings (SSSR count). The van der Waals surface area contributed by atoms with Crippen LogP contribution in [0.3, 0.4) is 0 Å². The normalized spacial score (nSPS) is 29.5. The van der Waals surface area contributed by atoms with Crippen LogP contribution in [0.4, 0.5) is 17.6 Å². The SMILES string of the molecule is O[C@@]1(C(F)(F)F)CC[C@@]2(CC3CC3)c3cc4cnn(-c5ccc(F)cc5)c4cc3CCC[C@@H]2C1. The third-order valence-electron chi connectivity index (χ3n) is 8.63. The van der Waals surface area contributed by atoms with Crippen molar-refractivity contribution in [2.24, 2.45) is 11.8 Å². The number of aliphatic hydroxyl groups is 1. The Hall–Kier alpha value is -2.41. The second-order valence-corrected chi connectivity index (χ2v) is 10.7. The Morgan fingerprint density at radius 1 is 1.06 bits per heavy atom. The molecule has 3 aliphatic carbocycles. The Morgan fingerprint density at radius 2 is 1.82 bits per heavy atom. The van der Waals surface area contributed by atoms with Crippen molar-refractivity contribution in [3.8, 4) is 5.69 Å². The maximum atomic E-state index is 13.8. The van der Waals surface area contributed by atoms with E-state index in [-0.39, 0.29) is 30.0 Å². The molecule has 2 aromatic carbocycles. The van der Waals surface area contributed by atoms with Crippen LogP contribution in [-0.2, 0) is 11.8 Å². The lowest BCUT2D eigenvalue weighted by Crippen LogP contribution is -2.55. The van der Waals surface area contributed by atoms with E-state index in [0.717, 1.165) is 54.3 Å². The fraction of sp³-hybridized carbons (Fsp3) is 0.519. The summed E-state index contributed by atoms with van der Waals surface area (Å²) >= 11 is 0. The summed E-state index contributed by atoms with van der Waals surface area (Å²) in [6.45, 7) is 0. The summed E-state index contributed by atoms with van der Waals surface area (Å²) in [5.41, 5.74) is 1.11. The van der Waals surface area contributed by atoms with Gasteiger partial charge in [0.1, 0.15) is 5.82 Å². The van der Waals surface area contributed by atoms with Gasteiger partial charge < -0.3 is 5.11 Å². The molecule has 0 radical (unpaired) electrons. The lowest BCUT2D eigenvalue weighted by Gasteiger charge is -2.51. The summed E-state index contributed by atoms with van der Waals surface area (Å²) in [5.74, 6) is 0.0562. The van der Waals surface area contributed by atoms with Crippen molar-refractivity contribution in [2.75, 3.05) is 0 Å². The van der Waals surface area contributed by atoms with Crippen molar-refractivity contribution in [3.05, 3.63) is 59.5 Å². The zero-order valence-corrected chi connectivity index (χ0v) is 18.9. The molecule has 34 heavy (non-hydrogen) atoms. The summed E-state index contributed by atoms with van der Waals surface area (Å²) in [7, 11) is 0. The van der Waals surface area contributed by atoms with Crippen molar-refractivity contribution >= 4 is 10.9 Å². The van der Waals surface area contributed by atoms with Gasteiger partial charge in [-0.1, -0.05) is 12.8 Å². The molecule has 1 heterocycles. The first-order valence-electron chi connectivity index (χ1n) is 12.2. The third kappa shape index (κ3) is 3.46. The first kappa shape index (κ1) is 22.1. The molecule has 2 saturated carbocycles. The molecule has 2 fully saturated rings. The molecule has 1 N–H and O–H groups in total. The van der Waals surface area contributed by atoms with Gasteiger partial charge in [0.05, 0.1) is 17.4 Å². The van der Waals surface area contributed by atoms with Gasteiger partial charge in [0, 0.05) is 5.39 Å². The Morgan fingerprint density at radius 3 is 2.53 bits per heavy atom. The molecular formula is C27H28F4N2O. The van der Waals surface area contributed by atoms with Crippen LogP contribution < -0.4 is 0 Å². The maximum absolute atomic E-state index is 13.8. The van der Waals surface area contributed by atoms with Crippen LogP contribution in [-0.4, -0.2) is 26.7 Å². The molecule has 0 bridgehead atoms. The molecule has 3 aliphatic rings. The Kier molecular flexibility index (Phi) is 4.90. The number of benzene rings is 2. The van der Waals surface area contributed by atoms with Crippen LogP contribution in [0.25, 0.3) is 16.6 Å². The third-order valence-corrected chi connectivity index (χ3v) is 8.63. The molecule has 3 nitrogen and oxygen atoms in total. The second kappa shape index (κ2) is 7.54. The van der Waals surface area contributed by atoms with Gasteiger partial charge in [-0.3, -0.25) is 0 Å². The van der Waals surface area contributed by atoms with Crippen LogP contribution >= 0.6 is 0 Å². The van der Waals surface area contributed by atoms with Gasteiger partial charge in [0.15, 0.2) is 5.60 Å². The summed E-state index contributed by atoms with van der Waals surface area (Å²) in [6.07, 6.45) is 2.55. The van der Waals surface area contributed by atoms with Crippen LogP contribution in [0.1, 0.15) is 62.5 Å².